The first-order valence-corrected chi connectivity index (χ1v) is 7.90. The number of nitrogens with one attached hydrogen (secondary N) is 1. The van der Waals surface area contributed by atoms with Crippen molar-refractivity contribution in [3.05, 3.63) is 24.3 Å². The highest BCUT2D eigenvalue weighted by Gasteiger charge is 2.28. The Bertz CT molecular complexity index is 461. The lowest BCUT2D eigenvalue weighted by Crippen LogP contribution is -2.40. The predicted molar refractivity (Wildman–Crippen MR) is 83.7 cm³/mol. The number of para-hydroxylation sites is 2. The van der Waals surface area contributed by atoms with Crippen LogP contribution >= 0.6 is 0 Å². The average Bonchev–Trinajstić information content (AvgIpc) is 2.51. The minimum absolute atomic E-state index is 0.0462. The van der Waals surface area contributed by atoms with Crippen molar-refractivity contribution in [2.24, 2.45) is 0 Å². The standard InChI is InChI=1S/C17H25NO3/c1-3-4-5-6-9-13(2)20-17(19)16-12-18-14-10-7-8-11-15(14)21-16/h7-8,10-11,13,16,18H,3-6,9,12H2,1-2H3. The number of unbranched alkanes of at least 4 members (excludes halogenated alkanes) is 3. The fourth-order valence-corrected chi connectivity index (χ4v) is 2.44. The molecule has 0 radical (unpaired) electrons. The molecule has 21 heavy (non-hydrogen) atoms. The molecule has 4 nitrogen and oxygen atoms in total. The van der Waals surface area contributed by atoms with Crippen LogP contribution in [0.2, 0.25) is 0 Å². The van der Waals surface area contributed by atoms with Crippen LogP contribution in [0.5, 0.6) is 5.75 Å². The van der Waals surface area contributed by atoms with Crippen LogP contribution in [0.3, 0.4) is 0 Å². The highest BCUT2D eigenvalue weighted by Crippen LogP contribution is 2.28. The Labute approximate surface area is 126 Å². The monoisotopic (exact) mass is 291 g/mol. The summed E-state index contributed by atoms with van der Waals surface area (Å²) in [6, 6.07) is 7.62. The molecule has 0 spiro atoms. The summed E-state index contributed by atoms with van der Waals surface area (Å²) in [7, 11) is 0. The minimum atomic E-state index is -0.557. The molecule has 1 aliphatic rings. The topological polar surface area (TPSA) is 47.6 Å². The van der Waals surface area contributed by atoms with Gasteiger partial charge in [-0.2, -0.15) is 0 Å². The summed E-state index contributed by atoms with van der Waals surface area (Å²) in [5, 5.41) is 3.20. The quantitative estimate of drug-likeness (QED) is 0.614. The smallest absolute Gasteiger partial charge is 0.349 e. The fourth-order valence-electron chi connectivity index (χ4n) is 2.44. The van der Waals surface area contributed by atoms with Crippen molar-refractivity contribution in [2.45, 2.75) is 58.2 Å². The first kappa shape index (κ1) is 15.7. The number of hydrogen-bond donors (Lipinski definition) is 1. The van der Waals surface area contributed by atoms with Crippen LogP contribution in [0.4, 0.5) is 5.69 Å². The molecule has 1 aromatic rings. The largest absolute Gasteiger partial charge is 0.475 e. The molecule has 0 amide bonds. The van der Waals surface area contributed by atoms with E-state index in [0.29, 0.717) is 12.3 Å². The summed E-state index contributed by atoms with van der Waals surface area (Å²) in [5.41, 5.74) is 0.925. The van der Waals surface area contributed by atoms with Gasteiger partial charge in [0.05, 0.1) is 18.3 Å². The van der Waals surface area contributed by atoms with Crippen LogP contribution in [0.1, 0.15) is 46.0 Å². The maximum atomic E-state index is 12.1. The highest BCUT2D eigenvalue weighted by molar-refractivity contribution is 5.77. The molecule has 0 fully saturated rings. The maximum absolute atomic E-state index is 12.1. The normalized spacial score (nSPS) is 18.1. The second-order valence-corrected chi connectivity index (χ2v) is 5.58. The van der Waals surface area contributed by atoms with E-state index in [4.69, 9.17) is 9.47 Å². The third-order valence-corrected chi connectivity index (χ3v) is 3.68. The Morgan fingerprint density at radius 2 is 2.19 bits per heavy atom. The molecule has 1 N–H and O–H groups in total. The van der Waals surface area contributed by atoms with E-state index in [0.717, 1.165) is 18.5 Å². The van der Waals surface area contributed by atoms with Gasteiger partial charge in [-0.3, -0.25) is 0 Å². The lowest BCUT2D eigenvalue weighted by molar-refractivity contribution is -0.156. The molecule has 0 saturated heterocycles. The summed E-state index contributed by atoms with van der Waals surface area (Å²) in [6.07, 6.45) is 5.08. The zero-order valence-electron chi connectivity index (χ0n) is 12.9. The molecule has 0 saturated carbocycles. The highest BCUT2D eigenvalue weighted by atomic mass is 16.6. The van der Waals surface area contributed by atoms with Gasteiger partial charge in [0.25, 0.3) is 0 Å². The van der Waals surface area contributed by atoms with Gasteiger partial charge in [0.15, 0.2) is 0 Å². The Morgan fingerprint density at radius 3 is 3.00 bits per heavy atom. The lowest BCUT2D eigenvalue weighted by Gasteiger charge is -2.26. The van der Waals surface area contributed by atoms with Crippen molar-refractivity contribution in [3.8, 4) is 5.75 Å². The zero-order valence-corrected chi connectivity index (χ0v) is 12.9. The number of carbonyl (C=O) groups is 1. The van der Waals surface area contributed by atoms with Crippen LogP contribution < -0.4 is 10.1 Å². The van der Waals surface area contributed by atoms with E-state index < -0.39 is 6.10 Å². The number of benzene rings is 1. The van der Waals surface area contributed by atoms with Crippen molar-refractivity contribution in [1.82, 2.24) is 0 Å². The van der Waals surface area contributed by atoms with Crippen LogP contribution in [-0.2, 0) is 9.53 Å². The summed E-state index contributed by atoms with van der Waals surface area (Å²) >= 11 is 0. The summed E-state index contributed by atoms with van der Waals surface area (Å²) in [5.74, 6) is 0.432. The van der Waals surface area contributed by atoms with E-state index in [-0.39, 0.29) is 12.1 Å². The van der Waals surface area contributed by atoms with Gasteiger partial charge in [-0.1, -0.05) is 38.3 Å². The van der Waals surface area contributed by atoms with Gasteiger partial charge in [-0.25, -0.2) is 4.79 Å². The molecule has 1 aliphatic heterocycles. The second kappa shape index (κ2) is 7.91. The van der Waals surface area contributed by atoms with Gasteiger partial charge in [-0.15, -0.1) is 0 Å². The number of carbonyl (C=O) groups excluding carboxylic acids is 1. The maximum Gasteiger partial charge on any atom is 0.349 e. The zero-order chi connectivity index (χ0) is 15.1. The molecule has 1 heterocycles. The number of hydrogen-bond acceptors (Lipinski definition) is 4. The van der Waals surface area contributed by atoms with Crippen molar-refractivity contribution in [2.75, 3.05) is 11.9 Å². The molecular formula is C17H25NO3. The first-order chi connectivity index (χ1) is 10.2. The Balaban J connectivity index is 1.76. The Hall–Kier alpha value is -1.71. The second-order valence-electron chi connectivity index (χ2n) is 5.58. The Kier molecular flexibility index (Phi) is 5.90. The van der Waals surface area contributed by atoms with E-state index in [1.165, 1.54) is 19.3 Å². The van der Waals surface area contributed by atoms with E-state index in [2.05, 4.69) is 12.2 Å². The summed E-state index contributed by atoms with van der Waals surface area (Å²) < 4.78 is 11.2. The van der Waals surface area contributed by atoms with Crippen LogP contribution in [0.15, 0.2) is 24.3 Å². The van der Waals surface area contributed by atoms with Crippen LogP contribution in [0, 0.1) is 0 Å². The molecule has 2 rings (SSSR count). The van der Waals surface area contributed by atoms with Gasteiger partial charge in [0.2, 0.25) is 6.10 Å². The van der Waals surface area contributed by atoms with Gasteiger partial charge >= 0.3 is 5.97 Å². The molecule has 0 aliphatic carbocycles. The molecule has 1 aromatic carbocycles. The fraction of sp³-hybridized carbons (Fsp3) is 0.588. The number of ether oxygens (including phenoxy) is 2. The van der Waals surface area contributed by atoms with Gasteiger partial charge < -0.3 is 14.8 Å². The van der Waals surface area contributed by atoms with Crippen molar-refractivity contribution >= 4 is 11.7 Å². The SMILES string of the molecule is CCCCCCC(C)OC(=O)C1CNc2ccccc2O1. The molecule has 2 unspecified atom stereocenters. The first-order valence-electron chi connectivity index (χ1n) is 7.90. The van der Waals surface area contributed by atoms with Crippen molar-refractivity contribution in [1.29, 1.82) is 0 Å². The summed E-state index contributed by atoms with van der Waals surface area (Å²) in [4.78, 5) is 12.1. The van der Waals surface area contributed by atoms with E-state index >= 15 is 0 Å². The third kappa shape index (κ3) is 4.66. The average molecular weight is 291 g/mol. The van der Waals surface area contributed by atoms with Gasteiger partial charge in [0.1, 0.15) is 5.75 Å². The number of fused-ring (bicyclic) bond motifs is 1. The molecule has 4 heteroatoms. The van der Waals surface area contributed by atoms with E-state index in [1.807, 2.05) is 31.2 Å². The molecular weight excluding hydrogens is 266 g/mol. The van der Waals surface area contributed by atoms with Crippen LogP contribution in [-0.4, -0.2) is 24.7 Å². The Morgan fingerprint density at radius 1 is 1.38 bits per heavy atom. The van der Waals surface area contributed by atoms with Gasteiger partial charge in [0, 0.05) is 0 Å². The van der Waals surface area contributed by atoms with E-state index in [1.54, 1.807) is 0 Å². The number of rotatable bonds is 7. The molecule has 0 aromatic heterocycles. The van der Waals surface area contributed by atoms with Crippen molar-refractivity contribution in [3.63, 3.8) is 0 Å². The minimum Gasteiger partial charge on any atom is -0.475 e. The third-order valence-electron chi connectivity index (χ3n) is 3.68. The van der Waals surface area contributed by atoms with Crippen LogP contribution in [0.25, 0.3) is 0 Å². The predicted octanol–water partition coefficient (Wildman–Crippen LogP) is 3.76. The molecule has 2 atom stereocenters. The van der Waals surface area contributed by atoms with Gasteiger partial charge in [-0.05, 0) is 31.9 Å². The van der Waals surface area contributed by atoms with Crippen molar-refractivity contribution < 1.29 is 14.3 Å². The lowest BCUT2D eigenvalue weighted by atomic mass is 10.1. The number of anilines is 1. The summed E-state index contributed by atoms with van der Waals surface area (Å²) in [6.45, 7) is 4.60. The molecule has 0 bridgehead atoms. The molecule has 116 valence electrons. The van der Waals surface area contributed by atoms with E-state index in [9.17, 15) is 4.79 Å². The number of esters is 1.